The first-order chi connectivity index (χ1) is 15.6. The van der Waals surface area contributed by atoms with Crippen LogP contribution in [0.4, 0.5) is 5.95 Å². The van der Waals surface area contributed by atoms with Gasteiger partial charge in [-0.15, -0.1) is 0 Å². The van der Waals surface area contributed by atoms with Gasteiger partial charge in [-0.3, -0.25) is 19.5 Å². The largest absolute Gasteiger partial charge is 0.303 e. The number of nitrogens with zero attached hydrogens (tertiary/aromatic N) is 7. The molecule has 1 aliphatic rings. The summed E-state index contributed by atoms with van der Waals surface area (Å²) in [5.74, 6) is 0.0137. The number of benzene rings is 1. The minimum absolute atomic E-state index is 0.259. The number of likely N-dealkylation sites (tertiary alicyclic amines) is 1. The molecule has 9 heteroatoms. The van der Waals surface area contributed by atoms with Crippen molar-refractivity contribution in [2.24, 2.45) is 7.05 Å². The molecule has 4 aromatic rings. The Morgan fingerprint density at radius 2 is 1.94 bits per heavy atom. The van der Waals surface area contributed by atoms with Crippen LogP contribution < -0.4 is 5.32 Å². The maximum Gasteiger partial charge on any atom is 0.261 e. The molecule has 1 amide bonds. The molecule has 5 rings (SSSR count). The van der Waals surface area contributed by atoms with E-state index in [1.807, 2.05) is 48.5 Å². The molecular weight excluding hydrogens is 404 g/mol. The molecule has 0 radical (unpaired) electrons. The number of carbonyl (C=O) groups is 1. The zero-order valence-corrected chi connectivity index (χ0v) is 18.3. The molecular formula is C23H26N8O. The highest BCUT2D eigenvalue weighted by molar-refractivity contribution is 6.03. The molecule has 0 saturated carbocycles. The van der Waals surface area contributed by atoms with E-state index in [1.54, 1.807) is 17.1 Å². The number of aryl methyl sites for hydroxylation is 1. The molecule has 4 heterocycles. The van der Waals surface area contributed by atoms with Crippen molar-refractivity contribution in [3.8, 4) is 11.1 Å². The molecule has 0 spiro atoms. The van der Waals surface area contributed by atoms with Crippen LogP contribution in [-0.4, -0.2) is 60.0 Å². The van der Waals surface area contributed by atoms with Gasteiger partial charge in [-0.2, -0.15) is 10.2 Å². The van der Waals surface area contributed by atoms with Crippen molar-refractivity contribution in [1.82, 2.24) is 34.4 Å². The first kappa shape index (κ1) is 20.3. The average molecular weight is 431 g/mol. The quantitative estimate of drug-likeness (QED) is 0.523. The highest BCUT2D eigenvalue weighted by atomic mass is 16.1. The van der Waals surface area contributed by atoms with Gasteiger partial charge in [0.05, 0.1) is 29.5 Å². The second kappa shape index (κ2) is 8.51. The minimum Gasteiger partial charge on any atom is -0.303 e. The fourth-order valence-corrected chi connectivity index (χ4v) is 4.16. The van der Waals surface area contributed by atoms with Crippen LogP contribution in [0.25, 0.3) is 22.0 Å². The van der Waals surface area contributed by atoms with Crippen molar-refractivity contribution in [2.45, 2.75) is 25.8 Å². The van der Waals surface area contributed by atoms with Gasteiger partial charge in [0.25, 0.3) is 5.91 Å². The topological polar surface area (TPSA) is 93.8 Å². The van der Waals surface area contributed by atoms with E-state index in [1.165, 1.54) is 0 Å². The molecule has 164 valence electrons. The highest BCUT2D eigenvalue weighted by Gasteiger charge is 2.21. The molecule has 1 fully saturated rings. The summed E-state index contributed by atoms with van der Waals surface area (Å²) in [7, 11) is 1.89. The second-order valence-electron chi connectivity index (χ2n) is 8.20. The first-order valence-electron chi connectivity index (χ1n) is 10.9. The lowest BCUT2D eigenvalue weighted by atomic mass is 10.1. The summed E-state index contributed by atoms with van der Waals surface area (Å²) in [4.78, 5) is 24.1. The van der Waals surface area contributed by atoms with Gasteiger partial charge in [0, 0.05) is 49.7 Å². The van der Waals surface area contributed by atoms with Crippen molar-refractivity contribution in [1.29, 1.82) is 0 Å². The Kier molecular flexibility index (Phi) is 5.40. The maximum absolute atomic E-state index is 12.8. The molecule has 0 unspecified atom stereocenters. The van der Waals surface area contributed by atoms with E-state index in [-0.39, 0.29) is 11.9 Å². The third-order valence-electron chi connectivity index (χ3n) is 6.09. The van der Waals surface area contributed by atoms with Crippen LogP contribution in [-0.2, 0) is 7.05 Å². The number of rotatable bonds is 5. The SMILES string of the molecule is CCN1CCC(n2cc(C(=O)Nc3ncc4ccc(-c5cnn(C)c5)cc4n3)cn2)CC1. The van der Waals surface area contributed by atoms with Gasteiger partial charge < -0.3 is 4.90 Å². The van der Waals surface area contributed by atoms with E-state index in [4.69, 9.17) is 0 Å². The highest BCUT2D eigenvalue weighted by Crippen LogP contribution is 2.24. The van der Waals surface area contributed by atoms with Crippen LogP contribution in [0, 0.1) is 0 Å². The summed E-state index contributed by atoms with van der Waals surface area (Å²) in [6.07, 6.45) is 11.0. The summed E-state index contributed by atoms with van der Waals surface area (Å²) in [5, 5.41) is 12.4. The predicted molar refractivity (Wildman–Crippen MR) is 122 cm³/mol. The van der Waals surface area contributed by atoms with E-state index in [2.05, 4.69) is 37.3 Å². The Hall–Kier alpha value is -3.59. The summed E-state index contributed by atoms with van der Waals surface area (Å²) in [5.41, 5.74) is 3.29. The Labute approximate surface area is 186 Å². The fraction of sp³-hybridized carbons (Fsp3) is 0.348. The summed E-state index contributed by atoms with van der Waals surface area (Å²) < 4.78 is 3.68. The first-order valence-corrected chi connectivity index (χ1v) is 10.9. The van der Waals surface area contributed by atoms with Crippen molar-refractivity contribution in [2.75, 3.05) is 25.0 Å². The standard InChI is InChI=1S/C23H26N8O/c1-3-30-8-6-20(7-9-30)31-15-19(13-26-31)22(32)28-23-24-11-17-5-4-16(10-21(17)27-23)18-12-25-29(2)14-18/h4-5,10-15,20H,3,6-9H2,1-2H3,(H,24,27,28,32). The zero-order chi connectivity index (χ0) is 22.1. The van der Waals surface area contributed by atoms with E-state index in [0.29, 0.717) is 11.6 Å². The lowest BCUT2D eigenvalue weighted by Gasteiger charge is -2.31. The summed E-state index contributed by atoms with van der Waals surface area (Å²) >= 11 is 0. The number of anilines is 1. The molecule has 9 nitrogen and oxygen atoms in total. The monoisotopic (exact) mass is 430 g/mol. The van der Waals surface area contributed by atoms with E-state index < -0.39 is 0 Å². The molecule has 3 aromatic heterocycles. The number of amides is 1. The van der Waals surface area contributed by atoms with Crippen LogP contribution in [0.5, 0.6) is 0 Å². The van der Waals surface area contributed by atoms with E-state index in [9.17, 15) is 4.79 Å². The molecule has 1 aliphatic heterocycles. The number of nitrogens with one attached hydrogen (secondary N) is 1. The normalized spacial score (nSPS) is 15.3. The second-order valence-corrected chi connectivity index (χ2v) is 8.20. The molecule has 0 aliphatic carbocycles. The van der Waals surface area contributed by atoms with Crippen molar-refractivity contribution < 1.29 is 4.79 Å². The lowest BCUT2D eigenvalue weighted by Crippen LogP contribution is -2.34. The van der Waals surface area contributed by atoms with Crippen LogP contribution >= 0.6 is 0 Å². The number of hydrogen-bond donors (Lipinski definition) is 1. The van der Waals surface area contributed by atoms with Crippen LogP contribution in [0.3, 0.4) is 0 Å². The number of hydrogen-bond acceptors (Lipinski definition) is 6. The van der Waals surface area contributed by atoms with Crippen LogP contribution in [0.2, 0.25) is 0 Å². The fourth-order valence-electron chi connectivity index (χ4n) is 4.16. The summed E-state index contributed by atoms with van der Waals surface area (Å²) in [6, 6.07) is 6.30. The predicted octanol–water partition coefficient (Wildman–Crippen LogP) is 3.14. The molecule has 0 bridgehead atoms. The minimum atomic E-state index is -0.259. The van der Waals surface area contributed by atoms with Gasteiger partial charge in [0.1, 0.15) is 0 Å². The van der Waals surface area contributed by atoms with Gasteiger partial charge in [0.2, 0.25) is 5.95 Å². The zero-order valence-electron chi connectivity index (χ0n) is 18.3. The Bertz CT molecular complexity index is 1250. The van der Waals surface area contributed by atoms with Gasteiger partial charge >= 0.3 is 0 Å². The van der Waals surface area contributed by atoms with E-state index in [0.717, 1.165) is 54.5 Å². The average Bonchev–Trinajstić information content (AvgIpc) is 3.48. The number of aromatic nitrogens is 6. The van der Waals surface area contributed by atoms with Crippen molar-refractivity contribution >= 4 is 22.8 Å². The number of carbonyl (C=O) groups excluding carboxylic acids is 1. The molecule has 32 heavy (non-hydrogen) atoms. The number of piperidine rings is 1. The smallest absolute Gasteiger partial charge is 0.261 e. The summed E-state index contributed by atoms with van der Waals surface area (Å²) in [6.45, 7) is 5.39. The Morgan fingerprint density at radius 1 is 1.09 bits per heavy atom. The van der Waals surface area contributed by atoms with Crippen molar-refractivity contribution in [3.05, 3.63) is 54.7 Å². The molecule has 1 saturated heterocycles. The molecule has 0 atom stereocenters. The van der Waals surface area contributed by atoms with E-state index >= 15 is 0 Å². The molecule has 1 aromatic carbocycles. The van der Waals surface area contributed by atoms with Gasteiger partial charge in [-0.1, -0.05) is 19.1 Å². The number of fused-ring (bicyclic) bond motifs is 1. The third kappa shape index (κ3) is 4.11. The maximum atomic E-state index is 12.8. The van der Waals surface area contributed by atoms with Crippen LogP contribution in [0.15, 0.2) is 49.2 Å². The third-order valence-corrected chi connectivity index (χ3v) is 6.09. The molecule has 1 N–H and O–H groups in total. The van der Waals surface area contributed by atoms with Gasteiger partial charge in [-0.05, 0) is 31.0 Å². The van der Waals surface area contributed by atoms with Crippen LogP contribution in [0.1, 0.15) is 36.2 Å². The van der Waals surface area contributed by atoms with Crippen molar-refractivity contribution in [3.63, 3.8) is 0 Å². The Morgan fingerprint density at radius 3 is 2.69 bits per heavy atom. The Balaban J connectivity index is 1.31. The van der Waals surface area contributed by atoms with Gasteiger partial charge in [-0.25, -0.2) is 9.97 Å². The lowest BCUT2D eigenvalue weighted by molar-refractivity contribution is 0.102. The van der Waals surface area contributed by atoms with Gasteiger partial charge in [0.15, 0.2) is 0 Å².